The van der Waals surface area contributed by atoms with E-state index >= 15 is 0 Å². The van der Waals surface area contributed by atoms with Gasteiger partial charge in [-0.25, -0.2) is 0 Å². The quantitative estimate of drug-likeness (QED) is 0.912. The minimum Gasteiger partial charge on any atom is -0.337 e. The van der Waals surface area contributed by atoms with Crippen LogP contribution >= 0.6 is 0 Å². The highest BCUT2D eigenvalue weighted by molar-refractivity contribution is 5.96. The summed E-state index contributed by atoms with van der Waals surface area (Å²) in [5, 5.41) is 7.27. The molecule has 1 aromatic carbocycles. The Labute approximate surface area is 146 Å². The number of hydrogen-bond acceptors (Lipinski definition) is 3. The third kappa shape index (κ3) is 2.92. The van der Waals surface area contributed by atoms with Gasteiger partial charge in [-0.1, -0.05) is 17.7 Å². The van der Waals surface area contributed by atoms with E-state index in [0.29, 0.717) is 30.8 Å². The molecule has 0 atom stereocenters. The van der Waals surface area contributed by atoms with E-state index in [0.717, 1.165) is 42.8 Å². The topological polar surface area (TPSA) is 69.3 Å². The number of carbonyl (C=O) groups excluding carboxylic acids is 2. The summed E-state index contributed by atoms with van der Waals surface area (Å²) in [5.41, 5.74) is 4.11. The Hall–Kier alpha value is -2.63. The number of rotatable bonds is 2. The van der Waals surface area contributed by atoms with Crippen LogP contribution in [0.1, 0.15) is 50.5 Å². The van der Waals surface area contributed by atoms with Crippen molar-refractivity contribution >= 4 is 11.8 Å². The largest absolute Gasteiger partial charge is 0.337 e. The van der Waals surface area contributed by atoms with E-state index in [2.05, 4.69) is 10.2 Å². The predicted molar refractivity (Wildman–Crippen MR) is 93.3 cm³/mol. The molecule has 3 heterocycles. The molecule has 0 aliphatic carbocycles. The molecule has 0 radical (unpaired) electrons. The lowest BCUT2D eigenvalue weighted by Crippen LogP contribution is -2.37. The summed E-state index contributed by atoms with van der Waals surface area (Å²) in [6.07, 6.45) is 2.81. The molecule has 25 heavy (non-hydrogen) atoms. The van der Waals surface area contributed by atoms with Crippen LogP contribution in [0.25, 0.3) is 0 Å². The van der Waals surface area contributed by atoms with Crippen molar-refractivity contribution in [3.63, 3.8) is 0 Å². The Kier molecular flexibility index (Phi) is 4.03. The van der Waals surface area contributed by atoms with Gasteiger partial charge in [0.25, 0.3) is 11.8 Å². The molecule has 6 nitrogen and oxygen atoms in total. The van der Waals surface area contributed by atoms with E-state index in [4.69, 9.17) is 0 Å². The zero-order valence-electron chi connectivity index (χ0n) is 14.4. The van der Waals surface area contributed by atoms with E-state index in [1.54, 1.807) is 0 Å². The molecule has 1 saturated heterocycles. The van der Waals surface area contributed by atoms with Gasteiger partial charge in [0.05, 0.1) is 6.54 Å². The van der Waals surface area contributed by atoms with Gasteiger partial charge in [-0.15, -0.1) is 0 Å². The molecule has 0 spiro atoms. The number of hydrogen-bond donors (Lipinski definition) is 1. The van der Waals surface area contributed by atoms with Crippen LogP contribution in [0.15, 0.2) is 24.3 Å². The minimum absolute atomic E-state index is 0.00937. The molecule has 4 rings (SSSR count). The third-order valence-electron chi connectivity index (χ3n) is 5.08. The number of nitrogens with one attached hydrogen (secondary N) is 1. The monoisotopic (exact) mass is 338 g/mol. The van der Waals surface area contributed by atoms with Crippen LogP contribution in [-0.2, 0) is 13.0 Å². The molecule has 1 aromatic heterocycles. The van der Waals surface area contributed by atoms with E-state index in [9.17, 15) is 9.59 Å². The number of H-pyrrole nitrogens is 1. The van der Waals surface area contributed by atoms with Crippen LogP contribution < -0.4 is 0 Å². The van der Waals surface area contributed by atoms with Crippen molar-refractivity contribution in [3.05, 3.63) is 52.3 Å². The molecular formula is C19H22N4O2. The fourth-order valence-corrected chi connectivity index (χ4v) is 3.68. The SMILES string of the molecule is Cc1cccc(C(=O)N2CCc3[nH]nc(C(=O)N4CCCC4)c3C2)c1. The highest BCUT2D eigenvalue weighted by Crippen LogP contribution is 2.24. The number of nitrogens with zero attached hydrogens (tertiary/aromatic N) is 3. The average Bonchev–Trinajstić information content (AvgIpc) is 3.30. The average molecular weight is 338 g/mol. The van der Waals surface area contributed by atoms with Crippen LogP contribution in [-0.4, -0.2) is 51.4 Å². The fraction of sp³-hybridized carbons (Fsp3) is 0.421. The Morgan fingerprint density at radius 1 is 1.08 bits per heavy atom. The van der Waals surface area contributed by atoms with Gasteiger partial charge in [-0.3, -0.25) is 14.7 Å². The lowest BCUT2D eigenvalue weighted by atomic mass is 10.0. The number of fused-ring (bicyclic) bond motifs is 1. The van der Waals surface area contributed by atoms with Crippen molar-refractivity contribution in [3.8, 4) is 0 Å². The number of likely N-dealkylation sites (tertiary alicyclic amines) is 1. The summed E-state index contributed by atoms with van der Waals surface area (Å²) in [4.78, 5) is 29.2. The third-order valence-corrected chi connectivity index (χ3v) is 5.08. The van der Waals surface area contributed by atoms with Gasteiger partial charge in [-0.2, -0.15) is 5.10 Å². The van der Waals surface area contributed by atoms with Gasteiger partial charge in [0.15, 0.2) is 5.69 Å². The summed E-state index contributed by atoms with van der Waals surface area (Å²) in [6, 6.07) is 7.63. The van der Waals surface area contributed by atoms with Crippen LogP contribution in [0.3, 0.4) is 0 Å². The summed E-state index contributed by atoms with van der Waals surface area (Å²) in [7, 11) is 0. The Bertz CT molecular complexity index is 821. The number of aromatic nitrogens is 2. The molecule has 1 N–H and O–H groups in total. The smallest absolute Gasteiger partial charge is 0.274 e. The highest BCUT2D eigenvalue weighted by atomic mass is 16.2. The van der Waals surface area contributed by atoms with Gasteiger partial charge in [0.1, 0.15) is 0 Å². The van der Waals surface area contributed by atoms with Crippen molar-refractivity contribution < 1.29 is 9.59 Å². The molecule has 2 aliphatic rings. The van der Waals surface area contributed by atoms with Crippen molar-refractivity contribution in [2.75, 3.05) is 19.6 Å². The summed E-state index contributed by atoms with van der Waals surface area (Å²) in [6.45, 7) is 4.65. The first-order chi connectivity index (χ1) is 12.1. The van der Waals surface area contributed by atoms with Crippen molar-refractivity contribution in [1.29, 1.82) is 0 Å². The summed E-state index contributed by atoms with van der Waals surface area (Å²) < 4.78 is 0. The van der Waals surface area contributed by atoms with Gasteiger partial charge < -0.3 is 9.80 Å². The molecule has 0 bridgehead atoms. The Morgan fingerprint density at radius 2 is 1.88 bits per heavy atom. The van der Waals surface area contributed by atoms with Gasteiger partial charge in [-0.05, 0) is 31.9 Å². The lowest BCUT2D eigenvalue weighted by molar-refractivity contribution is 0.0722. The van der Waals surface area contributed by atoms with E-state index in [-0.39, 0.29) is 11.8 Å². The molecule has 130 valence electrons. The maximum Gasteiger partial charge on any atom is 0.274 e. The lowest BCUT2D eigenvalue weighted by Gasteiger charge is -2.27. The van der Waals surface area contributed by atoms with Crippen molar-refractivity contribution in [2.45, 2.75) is 32.7 Å². The molecule has 0 saturated carbocycles. The van der Waals surface area contributed by atoms with Crippen molar-refractivity contribution in [2.24, 2.45) is 0 Å². The number of amides is 2. The fourth-order valence-electron chi connectivity index (χ4n) is 3.68. The predicted octanol–water partition coefficient (Wildman–Crippen LogP) is 2.15. The number of benzene rings is 1. The van der Waals surface area contributed by atoms with E-state index in [1.807, 2.05) is 41.0 Å². The van der Waals surface area contributed by atoms with Crippen LogP contribution in [0.4, 0.5) is 0 Å². The van der Waals surface area contributed by atoms with Crippen LogP contribution in [0.2, 0.25) is 0 Å². The maximum absolute atomic E-state index is 12.8. The van der Waals surface area contributed by atoms with Crippen LogP contribution in [0.5, 0.6) is 0 Å². The first-order valence-electron chi connectivity index (χ1n) is 8.85. The molecule has 0 unspecified atom stereocenters. The van der Waals surface area contributed by atoms with Gasteiger partial charge >= 0.3 is 0 Å². The molecule has 1 fully saturated rings. The van der Waals surface area contributed by atoms with E-state index in [1.165, 1.54) is 0 Å². The van der Waals surface area contributed by atoms with E-state index < -0.39 is 0 Å². The van der Waals surface area contributed by atoms with Gasteiger partial charge in [0.2, 0.25) is 0 Å². The second-order valence-electron chi connectivity index (χ2n) is 6.87. The second-order valence-corrected chi connectivity index (χ2v) is 6.87. The summed E-state index contributed by atoms with van der Waals surface area (Å²) >= 11 is 0. The van der Waals surface area contributed by atoms with Crippen LogP contribution in [0, 0.1) is 6.92 Å². The molecule has 2 aliphatic heterocycles. The highest BCUT2D eigenvalue weighted by Gasteiger charge is 2.31. The Morgan fingerprint density at radius 3 is 2.64 bits per heavy atom. The maximum atomic E-state index is 12.8. The molecule has 6 heteroatoms. The molecular weight excluding hydrogens is 316 g/mol. The first-order valence-corrected chi connectivity index (χ1v) is 8.85. The van der Waals surface area contributed by atoms with Crippen molar-refractivity contribution in [1.82, 2.24) is 20.0 Å². The molecule has 2 aromatic rings. The zero-order chi connectivity index (χ0) is 17.4. The first kappa shape index (κ1) is 15.9. The molecule has 2 amide bonds. The zero-order valence-corrected chi connectivity index (χ0v) is 14.4. The minimum atomic E-state index is -0.0140. The standard InChI is InChI=1S/C19H22N4O2/c1-13-5-4-6-14(11-13)18(24)23-10-7-16-15(12-23)17(21-20-16)19(25)22-8-2-3-9-22/h4-6,11H,2-3,7-10,12H2,1H3,(H,20,21). The number of carbonyl (C=O) groups is 2. The number of aryl methyl sites for hydroxylation is 1. The van der Waals surface area contributed by atoms with Gasteiger partial charge in [0, 0.05) is 42.9 Å². The Balaban J connectivity index is 1.57. The second kappa shape index (κ2) is 6.35. The number of aromatic amines is 1. The summed E-state index contributed by atoms with van der Waals surface area (Å²) in [5.74, 6) is -0.00465. The normalized spacial score (nSPS) is 16.8.